The summed E-state index contributed by atoms with van der Waals surface area (Å²) in [5.41, 5.74) is 0.510. The number of hydrogen-bond donors (Lipinski definition) is 3. The van der Waals surface area contributed by atoms with Crippen LogP contribution < -0.4 is 5.32 Å². The Hall–Kier alpha value is -1.20. The number of rotatable bonds is 8. The molecule has 1 aromatic carbocycles. The maximum absolute atomic E-state index is 11.9. The lowest BCUT2D eigenvalue weighted by molar-refractivity contribution is 0.284. The zero-order valence-corrected chi connectivity index (χ0v) is 12.0. The third kappa shape index (κ3) is 5.84. The second-order valence-electron chi connectivity index (χ2n) is 3.75. The highest BCUT2D eigenvalue weighted by Crippen LogP contribution is 2.16. The molecule has 0 bridgehead atoms. The number of aliphatic hydroxyl groups excluding tert-OH is 1. The monoisotopic (exact) mass is 325 g/mol. The number of aliphatic hydroxyl groups is 1. The average Bonchev–Trinajstić information content (AvgIpc) is 2.35. The van der Waals surface area contributed by atoms with Gasteiger partial charge in [-0.3, -0.25) is 4.55 Å². The van der Waals surface area contributed by atoms with Crippen molar-refractivity contribution < 1.29 is 30.7 Å². The largest absolute Gasteiger partial charge is 0.397 e. The standard InChI is InChI=1S/C10H15NO7S2/c12-5-4-11-9-2-1-3-10(8-9)19(13,14)7-6-18-20(15,16)17/h1-3,8,11-12H,4-7H2,(H,15,16,17). The zero-order chi connectivity index (χ0) is 15.2. The molecule has 20 heavy (non-hydrogen) atoms. The fraction of sp³-hybridized carbons (Fsp3) is 0.400. The van der Waals surface area contributed by atoms with Crippen molar-refractivity contribution in [3.8, 4) is 0 Å². The van der Waals surface area contributed by atoms with Crippen LogP contribution in [0.15, 0.2) is 29.2 Å². The quantitative estimate of drug-likeness (QED) is 0.555. The minimum absolute atomic E-state index is 0.0145. The van der Waals surface area contributed by atoms with E-state index in [4.69, 9.17) is 9.66 Å². The molecule has 3 N–H and O–H groups in total. The molecule has 1 rings (SSSR count). The Bertz CT molecular complexity index is 639. The number of sulfone groups is 1. The molecular weight excluding hydrogens is 310 g/mol. The van der Waals surface area contributed by atoms with Crippen molar-refractivity contribution in [3.05, 3.63) is 24.3 Å². The van der Waals surface area contributed by atoms with E-state index in [-0.39, 0.29) is 18.0 Å². The van der Waals surface area contributed by atoms with Crippen LogP contribution in [0.1, 0.15) is 0 Å². The molecule has 0 aliphatic heterocycles. The summed E-state index contributed by atoms with van der Waals surface area (Å²) in [7, 11) is -8.39. The van der Waals surface area contributed by atoms with E-state index < -0.39 is 32.6 Å². The third-order valence-corrected chi connectivity index (χ3v) is 4.36. The summed E-state index contributed by atoms with van der Waals surface area (Å²) in [5, 5.41) is 11.5. The maximum Gasteiger partial charge on any atom is 0.397 e. The summed E-state index contributed by atoms with van der Waals surface area (Å²) < 4.78 is 56.8. The Labute approximate surface area is 117 Å². The van der Waals surface area contributed by atoms with Crippen molar-refractivity contribution in [2.75, 3.05) is 30.8 Å². The van der Waals surface area contributed by atoms with E-state index in [1.54, 1.807) is 6.07 Å². The van der Waals surface area contributed by atoms with Gasteiger partial charge in [0, 0.05) is 12.2 Å². The van der Waals surface area contributed by atoms with Gasteiger partial charge in [0.1, 0.15) is 0 Å². The molecule has 0 spiro atoms. The van der Waals surface area contributed by atoms with E-state index in [0.29, 0.717) is 5.69 Å². The highest BCUT2D eigenvalue weighted by molar-refractivity contribution is 7.91. The fourth-order valence-electron chi connectivity index (χ4n) is 1.37. The van der Waals surface area contributed by atoms with Gasteiger partial charge in [0.15, 0.2) is 9.84 Å². The van der Waals surface area contributed by atoms with E-state index in [9.17, 15) is 16.8 Å². The normalized spacial score (nSPS) is 12.3. The Balaban J connectivity index is 2.76. The number of hydrogen-bond acceptors (Lipinski definition) is 7. The summed E-state index contributed by atoms with van der Waals surface area (Å²) in [4.78, 5) is -0.0145. The first-order valence-corrected chi connectivity index (χ1v) is 8.56. The van der Waals surface area contributed by atoms with Crippen LogP contribution in [0.5, 0.6) is 0 Å². The first kappa shape index (κ1) is 16.9. The molecule has 10 heteroatoms. The molecule has 8 nitrogen and oxygen atoms in total. The van der Waals surface area contributed by atoms with Crippen molar-refractivity contribution in [2.24, 2.45) is 0 Å². The molecule has 0 heterocycles. The minimum atomic E-state index is -4.65. The van der Waals surface area contributed by atoms with Crippen molar-refractivity contribution >= 4 is 25.9 Å². The van der Waals surface area contributed by atoms with Crippen molar-refractivity contribution in [1.29, 1.82) is 0 Å². The van der Waals surface area contributed by atoms with Gasteiger partial charge in [-0.2, -0.15) is 8.42 Å². The van der Waals surface area contributed by atoms with Crippen LogP contribution in [-0.4, -0.2) is 52.0 Å². The number of benzene rings is 1. The molecule has 0 saturated carbocycles. The summed E-state index contributed by atoms with van der Waals surface area (Å²) in [6, 6.07) is 5.85. The van der Waals surface area contributed by atoms with E-state index in [1.165, 1.54) is 18.2 Å². The molecule has 0 saturated heterocycles. The Kier molecular flexibility index (Phi) is 5.89. The minimum Gasteiger partial charge on any atom is -0.395 e. The van der Waals surface area contributed by atoms with Crippen molar-refractivity contribution in [2.45, 2.75) is 4.90 Å². The summed E-state index contributed by atoms with van der Waals surface area (Å²) in [5.74, 6) is -0.587. The van der Waals surface area contributed by atoms with Gasteiger partial charge in [-0.05, 0) is 18.2 Å². The van der Waals surface area contributed by atoms with Gasteiger partial charge in [0.25, 0.3) is 0 Å². The van der Waals surface area contributed by atoms with E-state index in [1.807, 2.05) is 0 Å². The van der Waals surface area contributed by atoms with Crippen LogP contribution in [0.25, 0.3) is 0 Å². The summed E-state index contributed by atoms with van der Waals surface area (Å²) in [6.45, 7) is -0.496. The van der Waals surface area contributed by atoms with Gasteiger partial charge in [0.05, 0.1) is 23.9 Å². The fourth-order valence-corrected chi connectivity index (χ4v) is 2.90. The highest BCUT2D eigenvalue weighted by atomic mass is 32.3. The van der Waals surface area contributed by atoms with Crippen LogP contribution in [0, 0.1) is 0 Å². The van der Waals surface area contributed by atoms with E-state index in [0.717, 1.165) is 0 Å². The Morgan fingerprint density at radius 3 is 2.50 bits per heavy atom. The molecule has 0 radical (unpaired) electrons. The first-order chi connectivity index (χ1) is 9.24. The number of anilines is 1. The SMILES string of the molecule is O=S(=O)(O)OCCS(=O)(=O)c1cccc(NCCO)c1. The first-order valence-electron chi connectivity index (χ1n) is 5.54. The molecule has 114 valence electrons. The van der Waals surface area contributed by atoms with Crippen LogP contribution in [-0.2, 0) is 24.4 Å². The lowest BCUT2D eigenvalue weighted by atomic mass is 10.3. The van der Waals surface area contributed by atoms with E-state index >= 15 is 0 Å². The van der Waals surface area contributed by atoms with Crippen molar-refractivity contribution in [1.82, 2.24) is 0 Å². The number of nitrogens with one attached hydrogen (secondary N) is 1. The van der Waals surface area contributed by atoms with Gasteiger partial charge >= 0.3 is 10.4 Å². The molecule has 0 atom stereocenters. The zero-order valence-electron chi connectivity index (χ0n) is 10.4. The lowest BCUT2D eigenvalue weighted by Crippen LogP contribution is -2.15. The van der Waals surface area contributed by atoms with Gasteiger partial charge in [-0.1, -0.05) is 6.07 Å². The van der Waals surface area contributed by atoms with Crippen molar-refractivity contribution in [3.63, 3.8) is 0 Å². The van der Waals surface area contributed by atoms with Crippen LogP contribution >= 0.6 is 0 Å². The summed E-state index contributed by atoms with van der Waals surface area (Å²) in [6.07, 6.45) is 0. The highest BCUT2D eigenvalue weighted by Gasteiger charge is 2.16. The molecule has 0 aromatic heterocycles. The topological polar surface area (TPSA) is 130 Å². The second-order valence-corrected chi connectivity index (χ2v) is 6.95. The molecule has 0 fully saturated rings. The molecular formula is C10H15NO7S2. The third-order valence-electron chi connectivity index (χ3n) is 2.22. The Morgan fingerprint density at radius 1 is 1.20 bits per heavy atom. The Morgan fingerprint density at radius 2 is 1.90 bits per heavy atom. The smallest absolute Gasteiger partial charge is 0.395 e. The molecule has 1 aromatic rings. The second kappa shape index (κ2) is 6.99. The van der Waals surface area contributed by atoms with Crippen LogP contribution in [0.4, 0.5) is 5.69 Å². The van der Waals surface area contributed by atoms with Gasteiger partial charge < -0.3 is 10.4 Å². The van der Waals surface area contributed by atoms with Crippen LogP contribution in [0.2, 0.25) is 0 Å². The maximum atomic E-state index is 11.9. The van der Waals surface area contributed by atoms with Crippen LogP contribution in [0.3, 0.4) is 0 Å². The van der Waals surface area contributed by atoms with Gasteiger partial charge in [-0.15, -0.1) is 0 Å². The molecule has 0 amide bonds. The molecule has 0 aliphatic carbocycles. The molecule has 0 aliphatic rings. The van der Waals surface area contributed by atoms with Gasteiger partial charge in [-0.25, -0.2) is 12.6 Å². The predicted molar refractivity (Wildman–Crippen MR) is 71.6 cm³/mol. The summed E-state index contributed by atoms with van der Waals surface area (Å²) >= 11 is 0. The average molecular weight is 325 g/mol. The lowest BCUT2D eigenvalue weighted by Gasteiger charge is -2.08. The van der Waals surface area contributed by atoms with Gasteiger partial charge in [0.2, 0.25) is 0 Å². The molecule has 0 unspecified atom stereocenters. The predicted octanol–water partition coefficient (Wildman–Crippen LogP) is -0.316. The van der Waals surface area contributed by atoms with E-state index in [2.05, 4.69) is 9.50 Å².